The molecule has 174 valence electrons. The summed E-state index contributed by atoms with van der Waals surface area (Å²) in [5.74, 6) is -0.986. The highest BCUT2D eigenvalue weighted by Gasteiger charge is 2.35. The molecule has 0 bridgehead atoms. The number of thiophene rings is 1. The molecule has 12 heteroatoms. The second-order valence-electron chi connectivity index (χ2n) is 6.78. The zero-order valence-corrected chi connectivity index (χ0v) is 19.3. The van der Waals surface area contributed by atoms with E-state index in [0.29, 0.717) is 18.8 Å². The average Bonchev–Trinajstić information content (AvgIpc) is 3.34. The molecule has 10 nitrogen and oxygen atoms in total. The molecule has 2 aromatic rings. The molecule has 2 amide bonds. The summed E-state index contributed by atoms with van der Waals surface area (Å²) < 4.78 is 43.6. The first kappa shape index (κ1) is 24.0. The Hall–Kier alpha value is -2.67. The number of sulfonamides is 1. The van der Waals surface area contributed by atoms with E-state index in [1.54, 1.807) is 0 Å². The molecule has 0 aliphatic carbocycles. The molecule has 2 heterocycles. The molecule has 0 spiro atoms. The number of rotatable bonds is 8. The van der Waals surface area contributed by atoms with Crippen LogP contribution in [0.1, 0.15) is 11.3 Å². The Balaban J connectivity index is 1.66. The van der Waals surface area contributed by atoms with Crippen molar-refractivity contribution in [3.05, 3.63) is 40.6 Å². The molecule has 2 N–H and O–H groups in total. The van der Waals surface area contributed by atoms with Gasteiger partial charge in [-0.15, -0.1) is 11.3 Å². The first-order chi connectivity index (χ1) is 15.4. The maximum absolute atomic E-state index is 13.2. The predicted octanol–water partition coefficient (Wildman–Crippen LogP) is 0.935. The number of ether oxygens (including phenoxy) is 3. The third kappa shape index (κ3) is 5.57. The zero-order valence-electron chi connectivity index (χ0n) is 17.7. The third-order valence-electron chi connectivity index (χ3n) is 4.76. The quantitative estimate of drug-likeness (QED) is 0.536. The van der Waals surface area contributed by atoms with Crippen molar-refractivity contribution >= 4 is 33.2 Å². The van der Waals surface area contributed by atoms with Crippen molar-refractivity contribution in [1.29, 1.82) is 0 Å². The molecule has 1 saturated heterocycles. The lowest BCUT2D eigenvalue weighted by atomic mass is 10.3. The van der Waals surface area contributed by atoms with Crippen molar-refractivity contribution in [2.24, 2.45) is 0 Å². The lowest BCUT2D eigenvalue weighted by molar-refractivity contribution is -0.140. The van der Waals surface area contributed by atoms with Crippen molar-refractivity contribution in [2.45, 2.75) is 24.1 Å². The highest BCUT2D eigenvalue weighted by Crippen LogP contribution is 2.31. The minimum absolute atomic E-state index is 0.00525. The van der Waals surface area contributed by atoms with E-state index >= 15 is 0 Å². The lowest BCUT2D eigenvalue weighted by Gasteiger charge is -2.34. The Labute approximate surface area is 190 Å². The standard InChI is InChI=1S/C20H25N3O7S2/c1-28-16-7-6-15(11-17(16)29-2)32(26,27)23-8-4-9-30-18(23)13-22-20(25)19(24)21-12-14-5-3-10-31-14/h3,5-7,10-11,18H,4,8-9,12-13H2,1-2H3,(H,21,24)(H,22,25). The Bertz CT molecular complexity index is 1040. The number of carbonyl (C=O) groups excluding carboxylic acids is 2. The number of benzene rings is 1. The summed E-state index contributed by atoms with van der Waals surface area (Å²) >= 11 is 1.46. The van der Waals surface area contributed by atoms with Crippen LogP contribution in [-0.2, 0) is 30.9 Å². The Morgan fingerprint density at radius 1 is 1.16 bits per heavy atom. The highest BCUT2D eigenvalue weighted by atomic mass is 32.2. The first-order valence-electron chi connectivity index (χ1n) is 9.80. The van der Waals surface area contributed by atoms with E-state index < -0.39 is 28.1 Å². The molecule has 1 unspecified atom stereocenters. The summed E-state index contributed by atoms with van der Waals surface area (Å²) in [6.45, 7) is 0.617. The Morgan fingerprint density at radius 3 is 2.59 bits per heavy atom. The van der Waals surface area contributed by atoms with Gasteiger partial charge in [0.25, 0.3) is 0 Å². The molecule has 3 rings (SSSR count). The van der Waals surface area contributed by atoms with E-state index in [0.717, 1.165) is 4.88 Å². The summed E-state index contributed by atoms with van der Waals surface area (Å²) in [4.78, 5) is 25.1. The van der Waals surface area contributed by atoms with E-state index in [9.17, 15) is 18.0 Å². The zero-order chi connectivity index (χ0) is 23.1. The van der Waals surface area contributed by atoms with Crippen LogP contribution >= 0.6 is 11.3 Å². The van der Waals surface area contributed by atoms with Gasteiger partial charge >= 0.3 is 11.8 Å². The predicted molar refractivity (Wildman–Crippen MR) is 117 cm³/mol. The van der Waals surface area contributed by atoms with Gasteiger partial charge in [-0.2, -0.15) is 4.31 Å². The molecule has 0 saturated carbocycles. The smallest absolute Gasteiger partial charge is 0.309 e. The molecule has 1 aromatic carbocycles. The monoisotopic (exact) mass is 483 g/mol. The second kappa shape index (κ2) is 10.8. The topological polar surface area (TPSA) is 123 Å². The van der Waals surface area contributed by atoms with Crippen LogP contribution in [0.2, 0.25) is 0 Å². The van der Waals surface area contributed by atoms with Crippen LogP contribution in [-0.4, -0.2) is 64.7 Å². The third-order valence-corrected chi connectivity index (χ3v) is 7.52. The number of nitrogens with one attached hydrogen (secondary N) is 2. The van der Waals surface area contributed by atoms with Crippen LogP contribution in [0.25, 0.3) is 0 Å². The van der Waals surface area contributed by atoms with Gasteiger partial charge < -0.3 is 24.8 Å². The van der Waals surface area contributed by atoms with Gasteiger partial charge in [-0.05, 0) is 30.0 Å². The molecular formula is C20H25N3O7S2. The van der Waals surface area contributed by atoms with Gasteiger partial charge in [0.2, 0.25) is 10.0 Å². The molecule has 1 atom stereocenters. The summed E-state index contributed by atoms with van der Waals surface area (Å²) in [7, 11) is -1.08. The van der Waals surface area contributed by atoms with E-state index in [1.165, 1.54) is 48.1 Å². The van der Waals surface area contributed by atoms with Crippen molar-refractivity contribution in [3.63, 3.8) is 0 Å². The SMILES string of the molecule is COc1ccc(S(=O)(=O)N2CCCOC2CNC(=O)C(=O)NCc2cccs2)cc1OC. The molecule has 0 radical (unpaired) electrons. The maximum atomic E-state index is 13.2. The van der Waals surface area contributed by atoms with Crippen LogP contribution in [0.5, 0.6) is 11.5 Å². The van der Waals surface area contributed by atoms with Gasteiger partial charge in [0.1, 0.15) is 6.23 Å². The number of carbonyl (C=O) groups is 2. The highest BCUT2D eigenvalue weighted by molar-refractivity contribution is 7.89. The van der Waals surface area contributed by atoms with Gasteiger partial charge in [0.15, 0.2) is 11.5 Å². The van der Waals surface area contributed by atoms with Crippen molar-refractivity contribution in [1.82, 2.24) is 14.9 Å². The fourth-order valence-corrected chi connectivity index (χ4v) is 5.36. The Morgan fingerprint density at radius 2 is 1.91 bits per heavy atom. The fourth-order valence-electron chi connectivity index (χ4n) is 3.14. The van der Waals surface area contributed by atoms with E-state index in [4.69, 9.17) is 14.2 Å². The minimum Gasteiger partial charge on any atom is -0.493 e. The van der Waals surface area contributed by atoms with Crippen LogP contribution in [0, 0.1) is 0 Å². The average molecular weight is 484 g/mol. The number of hydrogen-bond donors (Lipinski definition) is 2. The van der Waals surface area contributed by atoms with Gasteiger partial charge in [-0.3, -0.25) is 9.59 Å². The molecule has 1 aliphatic heterocycles. The van der Waals surface area contributed by atoms with Gasteiger partial charge in [0, 0.05) is 17.5 Å². The molecule has 1 fully saturated rings. The molecule has 32 heavy (non-hydrogen) atoms. The molecule has 1 aromatic heterocycles. The fraction of sp³-hybridized carbons (Fsp3) is 0.400. The van der Waals surface area contributed by atoms with E-state index in [2.05, 4.69) is 10.6 Å². The largest absolute Gasteiger partial charge is 0.493 e. The molecular weight excluding hydrogens is 458 g/mol. The summed E-state index contributed by atoms with van der Waals surface area (Å²) in [5.41, 5.74) is 0. The molecule has 1 aliphatic rings. The Kier molecular flexibility index (Phi) is 8.07. The van der Waals surface area contributed by atoms with Crippen molar-refractivity contribution in [2.75, 3.05) is 33.9 Å². The normalized spacial score (nSPS) is 16.9. The van der Waals surface area contributed by atoms with Crippen molar-refractivity contribution < 1.29 is 32.2 Å². The number of hydrogen-bond acceptors (Lipinski definition) is 8. The summed E-state index contributed by atoms with van der Waals surface area (Å²) in [5, 5.41) is 6.85. The van der Waals surface area contributed by atoms with Gasteiger partial charge in [0.05, 0.1) is 38.8 Å². The van der Waals surface area contributed by atoms with Gasteiger partial charge in [-0.1, -0.05) is 6.07 Å². The van der Waals surface area contributed by atoms with Crippen LogP contribution in [0.15, 0.2) is 40.6 Å². The number of amides is 2. The second-order valence-corrected chi connectivity index (χ2v) is 9.71. The number of methoxy groups -OCH3 is 2. The summed E-state index contributed by atoms with van der Waals surface area (Å²) in [6, 6.07) is 7.98. The first-order valence-corrected chi connectivity index (χ1v) is 12.1. The van der Waals surface area contributed by atoms with E-state index in [1.807, 2.05) is 17.5 Å². The van der Waals surface area contributed by atoms with E-state index in [-0.39, 0.29) is 30.3 Å². The maximum Gasteiger partial charge on any atom is 0.309 e. The van der Waals surface area contributed by atoms with Crippen molar-refractivity contribution in [3.8, 4) is 11.5 Å². The lowest BCUT2D eigenvalue weighted by Crippen LogP contribution is -2.53. The van der Waals surface area contributed by atoms with Crippen LogP contribution < -0.4 is 20.1 Å². The van der Waals surface area contributed by atoms with Gasteiger partial charge in [-0.25, -0.2) is 8.42 Å². The minimum atomic E-state index is -3.95. The van der Waals surface area contributed by atoms with Crippen LogP contribution in [0.4, 0.5) is 0 Å². The van der Waals surface area contributed by atoms with Crippen LogP contribution in [0.3, 0.4) is 0 Å². The number of nitrogens with zero attached hydrogens (tertiary/aromatic N) is 1. The summed E-state index contributed by atoms with van der Waals surface area (Å²) in [6.07, 6.45) is -0.450.